The van der Waals surface area contributed by atoms with Gasteiger partial charge < -0.3 is 9.63 Å². The number of aromatic nitrogens is 1. The first-order valence-corrected chi connectivity index (χ1v) is 4.66. The van der Waals surface area contributed by atoms with Gasteiger partial charge in [-0.15, -0.1) is 0 Å². The van der Waals surface area contributed by atoms with Gasteiger partial charge in [-0.05, 0) is 5.56 Å². The molecule has 0 amide bonds. The predicted octanol–water partition coefficient (Wildman–Crippen LogP) is 1.26. The highest BCUT2D eigenvalue weighted by atomic mass is 16.5. The molecular weight excluding hydrogens is 210 g/mol. The number of aromatic carboxylic acids is 1. The van der Waals surface area contributed by atoms with E-state index in [1.54, 1.807) is 0 Å². The van der Waals surface area contributed by atoms with E-state index in [1.165, 1.54) is 0 Å². The smallest absolute Gasteiger partial charge is 0.375 e. The summed E-state index contributed by atoms with van der Waals surface area (Å²) in [6.07, 6.45) is 0.244. The minimum Gasteiger partial charge on any atom is -0.475 e. The highest BCUT2D eigenvalue weighted by Crippen LogP contribution is 2.10. The molecule has 0 saturated heterocycles. The Hall–Kier alpha value is -2.30. The van der Waals surface area contributed by atoms with Crippen LogP contribution in [-0.2, 0) is 6.42 Å². The lowest BCUT2D eigenvalue weighted by Crippen LogP contribution is -2.09. The van der Waals surface area contributed by atoms with Crippen LogP contribution in [0.2, 0.25) is 0 Å². The molecule has 0 bridgehead atoms. The van der Waals surface area contributed by atoms with Gasteiger partial charge in [-0.1, -0.05) is 30.3 Å². The number of hydrogen-bond acceptors (Lipinski definition) is 3. The van der Waals surface area contributed by atoms with Crippen LogP contribution in [0.25, 0.3) is 0 Å². The molecule has 2 rings (SSSR count). The van der Waals surface area contributed by atoms with Crippen LogP contribution in [0.1, 0.15) is 21.7 Å². The Morgan fingerprint density at radius 3 is 2.62 bits per heavy atom. The second-order valence-corrected chi connectivity index (χ2v) is 3.31. The van der Waals surface area contributed by atoms with Gasteiger partial charge in [0, 0.05) is 6.42 Å². The third-order valence-corrected chi connectivity index (χ3v) is 2.21. The Labute approximate surface area is 90.3 Å². The molecule has 1 aromatic carbocycles. The van der Waals surface area contributed by atoms with Crippen molar-refractivity contribution in [2.75, 3.05) is 0 Å². The highest BCUT2D eigenvalue weighted by Gasteiger charge is 2.19. The molecule has 0 aliphatic rings. The number of carbonyl (C=O) groups is 1. The number of aromatic amines is 1. The number of rotatable bonds is 3. The molecular formula is C11H9NO4. The fourth-order valence-electron chi connectivity index (χ4n) is 1.46. The van der Waals surface area contributed by atoms with Gasteiger partial charge in [0.2, 0.25) is 5.76 Å². The van der Waals surface area contributed by atoms with Crippen LogP contribution >= 0.6 is 0 Å². The van der Waals surface area contributed by atoms with Crippen molar-refractivity contribution >= 4 is 5.97 Å². The van der Waals surface area contributed by atoms with E-state index in [0.29, 0.717) is 0 Å². The van der Waals surface area contributed by atoms with E-state index in [2.05, 4.69) is 4.52 Å². The Kier molecular flexibility index (Phi) is 2.59. The third-order valence-electron chi connectivity index (χ3n) is 2.21. The normalized spacial score (nSPS) is 10.2. The average molecular weight is 219 g/mol. The lowest BCUT2D eigenvalue weighted by atomic mass is 10.1. The molecule has 0 aliphatic heterocycles. The first-order chi connectivity index (χ1) is 7.68. The standard InChI is InChI=1S/C11H9NO4/c13-10-8(9(11(14)15)16-12-10)6-7-4-2-1-3-5-7/h1-5H,6H2,(H,12,13)(H,14,15). The number of nitrogens with one attached hydrogen (secondary N) is 1. The van der Waals surface area contributed by atoms with E-state index in [-0.39, 0.29) is 17.7 Å². The molecule has 1 aromatic heterocycles. The summed E-state index contributed by atoms with van der Waals surface area (Å²) in [6, 6.07) is 9.13. The number of H-pyrrole nitrogens is 1. The van der Waals surface area contributed by atoms with Crippen LogP contribution in [0.15, 0.2) is 39.6 Å². The van der Waals surface area contributed by atoms with E-state index < -0.39 is 11.5 Å². The minimum atomic E-state index is -1.25. The number of hydrogen-bond donors (Lipinski definition) is 2. The molecule has 5 heteroatoms. The monoisotopic (exact) mass is 219 g/mol. The summed E-state index contributed by atoms with van der Waals surface area (Å²) in [7, 11) is 0. The maximum atomic E-state index is 11.3. The van der Waals surface area contributed by atoms with Crippen molar-refractivity contribution in [3.63, 3.8) is 0 Å². The van der Waals surface area contributed by atoms with Crippen molar-refractivity contribution in [3.8, 4) is 0 Å². The van der Waals surface area contributed by atoms with E-state index in [9.17, 15) is 9.59 Å². The van der Waals surface area contributed by atoms with E-state index in [0.717, 1.165) is 5.56 Å². The molecule has 0 aliphatic carbocycles. The van der Waals surface area contributed by atoms with Gasteiger partial charge in [-0.2, -0.15) is 5.16 Å². The maximum absolute atomic E-state index is 11.3. The summed E-state index contributed by atoms with van der Waals surface area (Å²) >= 11 is 0. The molecule has 1 heterocycles. The van der Waals surface area contributed by atoms with Crippen LogP contribution in [0, 0.1) is 0 Å². The van der Waals surface area contributed by atoms with Crippen molar-refractivity contribution in [2.45, 2.75) is 6.42 Å². The van der Waals surface area contributed by atoms with Crippen LogP contribution in [0.3, 0.4) is 0 Å². The van der Waals surface area contributed by atoms with Gasteiger partial charge in [0.25, 0.3) is 5.56 Å². The number of benzene rings is 1. The van der Waals surface area contributed by atoms with Crippen molar-refractivity contribution in [3.05, 3.63) is 57.6 Å². The molecule has 0 unspecified atom stereocenters. The second-order valence-electron chi connectivity index (χ2n) is 3.31. The van der Waals surface area contributed by atoms with Gasteiger partial charge in [0.15, 0.2) is 0 Å². The molecule has 0 atom stereocenters. The van der Waals surface area contributed by atoms with Crippen molar-refractivity contribution in [2.24, 2.45) is 0 Å². The zero-order valence-corrected chi connectivity index (χ0v) is 8.27. The van der Waals surface area contributed by atoms with E-state index in [4.69, 9.17) is 5.11 Å². The molecule has 0 radical (unpaired) electrons. The van der Waals surface area contributed by atoms with Gasteiger partial charge in [-0.25, -0.2) is 4.79 Å². The highest BCUT2D eigenvalue weighted by molar-refractivity contribution is 5.85. The minimum absolute atomic E-state index is 0.138. The molecule has 2 N–H and O–H groups in total. The maximum Gasteiger partial charge on any atom is 0.375 e. The largest absolute Gasteiger partial charge is 0.475 e. The summed E-state index contributed by atoms with van der Waals surface area (Å²) < 4.78 is 4.59. The Morgan fingerprint density at radius 2 is 2.00 bits per heavy atom. The molecule has 0 saturated carbocycles. The molecule has 5 nitrogen and oxygen atoms in total. The van der Waals surface area contributed by atoms with Crippen molar-refractivity contribution in [1.29, 1.82) is 0 Å². The Balaban J connectivity index is 2.38. The first-order valence-electron chi connectivity index (χ1n) is 4.66. The summed E-state index contributed by atoms with van der Waals surface area (Å²) in [5.41, 5.74) is 0.497. The van der Waals surface area contributed by atoms with Crippen LogP contribution < -0.4 is 5.56 Å². The Morgan fingerprint density at radius 1 is 1.31 bits per heavy atom. The van der Waals surface area contributed by atoms with Gasteiger partial charge in [0.05, 0.1) is 5.56 Å². The number of carboxylic acids is 1. The Bertz CT molecular complexity index is 553. The third kappa shape index (κ3) is 1.88. The zero-order valence-electron chi connectivity index (χ0n) is 8.27. The van der Waals surface area contributed by atoms with Gasteiger partial charge in [-0.3, -0.25) is 4.79 Å². The fourth-order valence-corrected chi connectivity index (χ4v) is 1.46. The van der Waals surface area contributed by atoms with Crippen LogP contribution in [0.4, 0.5) is 0 Å². The average Bonchev–Trinajstić information content (AvgIpc) is 2.62. The predicted molar refractivity (Wildman–Crippen MR) is 55.5 cm³/mol. The summed E-state index contributed by atoms with van der Waals surface area (Å²) in [4.78, 5) is 22.1. The fraction of sp³-hybridized carbons (Fsp3) is 0.0909. The summed E-state index contributed by atoms with van der Waals surface area (Å²) in [6.45, 7) is 0. The molecule has 2 aromatic rings. The quantitative estimate of drug-likeness (QED) is 0.813. The lowest BCUT2D eigenvalue weighted by Gasteiger charge is -1.97. The second kappa shape index (κ2) is 4.06. The first kappa shape index (κ1) is 10.2. The van der Waals surface area contributed by atoms with Gasteiger partial charge >= 0.3 is 5.97 Å². The summed E-state index contributed by atoms with van der Waals surface area (Å²) in [5.74, 6) is -1.57. The van der Waals surface area contributed by atoms with E-state index in [1.807, 2.05) is 35.5 Å². The van der Waals surface area contributed by atoms with Gasteiger partial charge in [0.1, 0.15) is 0 Å². The zero-order chi connectivity index (χ0) is 11.5. The molecule has 82 valence electrons. The van der Waals surface area contributed by atoms with Crippen LogP contribution in [-0.4, -0.2) is 16.2 Å². The number of carboxylic acid groups (broad SMARTS) is 1. The topological polar surface area (TPSA) is 83.3 Å². The molecule has 0 spiro atoms. The van der Waals surface area contributed by atoms with Crippen LogP contribution in [0.5, 0.6) is 0 Å². The van der Waals surface area contributed by atoms with Crippen molar-refractivity contribution < 1.29 is 14.4 Å². The molecule has 0 fully saturated rings. The summed E-state index contributed by atoms with van der Waals surface area (Å²) in [5, 5.41) is 10.8. The SMILES string of the molecule is O=C(O)c1o[nH]c(=O)c1Cc1ccccc1. The molecule has 16 heavy (non-hydrogen) atoms. The van der Waals surface area contributed by atoms with Crippen molar-refractivity contribution in [1.82, 2.24) is 5.16 Å². The van der Waals surface area contributed by atoms with E-state index >= 15 is 0 Å². The lowest BCUT2D eigenvalue weighted by molar-refractivity contribution is 0.0650.